The van der Waals surface area contributed by atoms with Crippen LogP contribution in [0.25, 0.3) is 0 Å². The number of carbonyl (C=O) groups is 2. The van der Waals surface area contributed by atoms with Gasteiger partial charge in [0.2, 0.25) is 0 Å². The molecule has 0 aliphatic carbocycles. The number of carbonyl (C=O) groups excluding carboxylic acids is 2. The molecule has 2 heterocycles. The van der Waals surface area contributed by atoms with E-state index in [1.165, 1.54) is 24.5 Å². The molecule has 1 aliphatic rings. The molecule has 0 fully saturated rings. The highest BCUT2D eigenvalue weighted by Crippen LogP contribution is 2.24. The summed E-state index contributed by atoms with van der Waals surface area (Å²) in [7, 11) is 0. The zero-order chi connectivity index (χ0) is 18.8. The fourth-order valence-corrected chi connectivity index (χ4v) is 3.21. The van der Waals surface area contributed by atoms with Crippen molar-refractivity contribution in [1.29, 1.82) is 0 Å². The second kappa shape index (κ2) is 7.07. The van der Waals surface area contributed by atoms with Crippen LogP contribution >= 0.6 is 0 Å². The molecule has 0 saturated carbocycles. The topological polar surface area (TPSA) is 62.6 Å². The Kier molecular flexibility index (Phi) is 4.46. The van der Waals surface area contributed by atoms with E-state index in [0.29, 0.717) is 24.5 Å². The van der Waals surface area contributed by atoms with Crippen molar-refractivity contribution in [3.63, 3.8) is 0 Å². The van der Waals surface area contributed by atoms with Crippen molar-refractivity contribution in [1.82, 2.24) is 4.90 Å². The normalized spacial score (nSPS) is 13.1. The van der Waals surface area contributed by atoms with Crippen molar-refractivity contribution in [3.05, 3.63) is 89.1 Å². The third-order valence-electron chi connectivity index (χ3n) is 4.61. The first-order chi connectivity index (χ1) is 13.1. The Balaban J connectivity index is 1.52. The van der Waals surface area contributed by atoms with Crippen LogP contribution in [0.5, 0.6) is 0 Å². The molecule has 136 valence electrons. The molecular formula is C21H17FN2O3. The molecule has 5 nitrogen and oxygen atoms in total. The number of fused-ring (bicyclic) bond motifs is 1. The molecule has 6 heteroatoms. The van der Waals surface area contributed by atoms with E-state index in [2.05, 4.69) is 5.32 Å². The van der Waals surface area contributed by atoms with E-state index in [4.69, 9.17) is 4.42 Å². The van der Waals surface area contributed by atoms with Gasteiger partial charge in [0.05, 0.1) is 11.8 Å². The van der Waals surface area contributed by atoms with Gasteiger partial charge >= 0.3 is 0 Å². The van der Waals surface area contributed by atoms with Crippen LogP contribution in [0.4, 0.5) is 10.1 Å². The van der Waals surface area contributed by atoms with E-state index >= 15 is 0 Å². The number of halogens is 1. The molecule has 1 aliphatic heterocycles. The van der Waals surface area contributed by atoms with Crippen LogP contribution in [0.1, 0.15) is 32.0 Å². The molecule has 2 aromatic carbocycles. The first kappa shape index (κ1) is 17.0. The molecule has 0 saturated heterocycles. The maximum atomic E-state index is 13.8. The Morgan fingerprint density at radius 2 is 1.89 bits per heavy atom. The molecular weight excluding hydrogens is 347 g/mol. The first-order valence-electron chi connectivity index (χ1n) is 8.62. The lowest BCUT2D eigenvalue weighted by Gasteiger charge is -2.28. The minimum Gasteiger partial charge on any atom is -0.459 e. The van der Waals surface area contributed by atoms with Crippen LogP contribution in [-0.4, -0.2) is 23.3 Å². The second-order valence-corrected chi connectivity index (χ2v) is 6.37. The third kappa shape index (κ3) is 3.46. The molecule has 1 aromatic heterocycles. The van der Waals surface area contributed by atoms with Crippen molar-refractivity contribution >= 4 is 17.5 Å². The summed E-state index contributed by atoms with van der Waals surface area (Å²) < 4.78 is 19.0. The van der Waals surface area contributed by atoms with Crippen LogP contribution in [0.3, 0.4) is 0 Å². The van der Waals surface area contributed by atoms with Gasteiger partial charge in [0, 0.05) is 18.8 Å². The minimum atomic E-state index is -0.567. The predicted molar refractivity (Wildman–Crippen MR) is 97.9 cm³/mol. The molecule has 3 aromatic rings. The fraction of sp³-hybridized carbons (Fsp3) is 0.143. The summed E-state index contributed by atoms with van der Waals surface area (Å²) in [6.45, 7) is 1.03. The highest BCUT2D eigenvalue weighted by atomic mass is 19.1. The Morgan fingerprint density at radius 3 is 2.67 bits per heavy atom. The number of hydrogen-bond acceptors (Lipinski definition) is 3. The minimum absolute atomic E-state index is 0.00940. The van der Waals surface area contributed by atoms with Gasteiger partial charge in [-0.3, -0.25) is 9.59 Å². The predicted octanol–water partition coefficient (Wildman–Crippen LogP) is 3.87. The zero-order valence-electron chi connectivity index (χ0n) is 14.4. The summed E-state index contributed by atoms with van der Waals surface area (Å²) in [4.78, 5) is 26.5. The number of anilines is 1. The first-order valence-corrected chi connectivity index (χ1v) is 8.62. The van der Waals surface area contributed by atoms with Gasteiger partial charge in [0.1, 0.15) is 5.82 Å². The molecule has 0 radical (unpaired) electrons. The quantitative estimate of drug-likeness (QED) is 0.767. The Bertz CT molecular complexity index is 998. The SMILES string of the molecule is O=C(Nc1ccc2c(c1)CN(C(=O)c1ccco1)CC2)c1ccccc1F. The smallest absolute Gasteiger partial charge is 0.289 e. The summed E-state index contributed by atoms with van der Waals surface area (Å²) in [6.07, 6.45) is 2.20. The summed E-state index contributed by atoms with van der Waals surface area (Å²) >= 11 is 0. The second-order valence-electron chi connectivity index (χ2n) is 6.37. The number of nitrogens with zero attached hydrogens (tertiary/aromatic N) is 1. The molecule has 4 rings (SSSR count). The van der Waals surface area contributed by atoms with E-state index in [1.54, 1.807) is 29.2 Å². The summed E-state index contributed by atoms with van der Waals surface area (Å²) in [5, 5.41) is 2.72. The summed E-state index contributed by atoms with van der Waals surface area (Å²) in [5.74, 6) is -0.926. The van der Waals surface area contributed by atoms with Crippen LogP contribution in [0, 0.1) is 5.82 Å². The van der Waals surface area contributed by atoms with E-state index in [1.807, 2.05) is 12.1 Å². The lowest BCUT2D eigenvalue weighted by molar-refractivity contribution is 0.0702. The van der Waals surface area contributed by atoms with Crippen molar-refractivity contribution in [3.8, 4) is 0 Å². The lowest BCUT2D eigenvalue weighted by atomic mass is 9.98. The Labute approximate surface area is 155 Å². The van der Waals surface area contributed by atoms with Crippen molar-refractivity contribution < 1.29 is 18.4 Å². The van der Waals surface area contributed by atoms with Gasteiger partial charge in [-0.05, 0) is 53.9 Å². The maximum absolute atomic E-state index is 13.8. The summed E-state index contributed by atoms with van der Waals surface area (Å²) in [6, 6.07) is 14.7. The highest BCUT2D eigenvalue weighted by Gasteiger charge is 2.23. The third-order valence-corrected chi connectivity index (χ3v) is 4.61. The molecule has 0 atom stereocenters. The van der Waals surface area contributed by atoms with E-state index in [0.717, 1.165) is 17.5 Å². The average Bonchev–Trinajstić information content (AvgIpc) is 3.22. The van der Waals surface area contributed by atoms with E-state index in [9.17, 15) is 14.0 Å². The number of nitrogens with one attached hydrogen (secondary N) is 1. The van der Waals surface area contributed by atoms with Crippen LogP contribution < -0.4 is 5.32 Å². The maximum Gasteiger partial charge on any atom is 0.289 e. The van der Waals surface area contributed by atoms with Gasteiger partial charge in [-0.2, -0.15) is 0 Å². The molecule has 1 N–H and O–H groups in total. The lowest BCUT2D eigenvalue weighted by Crippen LogP contribution is -2.35. The monoisotopic (exact) mass is 364 g/mol. The van der Waals surface area contributed by atoms with Gasteiger partial charge in [0.25, 0.3) is 11.8 Å². The number of furan rings is 1. The largest absolute Gasteiger partial charge is 0.459 e. The molecule has 0 unspecified atom stereocenters. The van der Waals surface area contributed by atoms with E-state index < -0.39 is 11.7 Å². The Hall–Kier alpha value is -3.41. The van der Waals surface area contributed by atoms with Gasteiger partial charge < -0.3 is 14.6 Å². The number of hydrogen-bond donors (Lipinski definition) is 1. The van der Waals surface area contributed by atoms with Crippen molar-refractivity contribution in [2.24, 2.45) is 0 Å². The molecule has 0 bridgehead atoms. The fourth-order valence-electron chi connectivity index (χ4n) is 3.21. The number of amides is 2. The standard InChI is InChI=1S/C21H17FN2O3/c22-18-5-2-1-4-17(18)20(25)23-16-8-7-14-9-10-24(13-15(14)12-16)21(26)19-6-3-11-27-19/h1-8,11-12H,9-10,13H2,(H,23,25). The van der Waals surface area contributed by atoms with E-state index in [-0.39, 0.29) is 11.5 Å². The van der Waals surface area contributed by atoms with Crippen LogP contribution in [0.2, 0.25) is 0 Å². The number of benzene rings is 2. The highest BCUT2D eigenvalue weighted by molar-refractivity contribution is 6.04. The summed E-state index contributed by atoms with van der Waals surface area (Å²) in [5.41, 5.74) is 2.63. The van der Waals surface area contributed by atoms with Crippen LogP contribution in [0.15, 0.2) is 65.3 Å². The van der Waals surface area contributed by atoms with Gasteiger partial charge in [-0.1, -0.05) is 18.2 Å². The number of rotatable bonds is 3. The average molecular weight is 364 g/mol. The molecule has 27 heavy (non-hydrogen) atoms. The zero-order valence-corrected chi connectivity index (χ0v) is 14.4. The van der Waals surface area contributed by atoms with Gasteiger partial charge in [-0.25, -0.2) is 4.39 Å². The molecule has 2 amide bonds. The van der Waals surface area contributed by atoms with Crippen molar-refractivity contribution in [2.45, 2.75) is 13.0 Å². The van der Waals surface area contributed by atoms with Crippen LogP contribution in [-0.2, 0) is 13.0 Å². The molecule has 0 spiro atoms. The van der Waals surface area contributed by atoms with Crippen molar-refractivity contribution in [2.75, 3.05) is 11.9 Å². The Morgan fingerprint density at radius 1 is 1.04 bits per heavy atom. The van der Waals surface area contributed by atoms with Gasteiger partial charge in [0.15, 0.2) is 5.76 Å². The van der Waals surface area contributed by atoms with Gasteiger partial charge in [-0.15, -0.1) is 0 Å².